The molecule has 1 amide bonds. The minimum absolute atomic E-state index is 0.307. The van der Waals surface area contributed by atoms with Crippen LogP contribution in [-0.2, 0) is 0 Å². The molecule has 0 aliphatic rings. The van der Waals surface area contributed by atoms with E-state index in [1.165, 1.54) is 30.7 Å². The summed E-state index contributed by atoms with van der Waals surface area (Å²) in [5.74, 6) is -0.682. The van der Waals surface area contributed by atoms with Crippen molar-refractivity contribution in [3.63, 3.8) is 0 Å². The number of hydrogen-bond donors (Lipinski definition) is 1. The summed E-state index contributed by atoms with van der Waals surface area (Å²) in [6, 6.07) is 10.5. The van der Waals surface area contributed by atoms with Crippen LogP contribution in [0, 0.1) is 5.82 Å². The maximum Gasteiger partial charge on any atom is 0.255 e. The largest absolute Gasteiger partial charge is 0.443 e. The smallest absolute Gasteiger partial charge is 0.255 e. The second-order valence-electron chi connectivity index (χ2n) is 4.00. The SMILES string of the molecule is O=C(Nc1ccc2ncoc2c1)c1ccc(F)cc1. The minimum atomic E-state index is -0.375. The van der Waals surface area contributed by atoms with Gasteiger partial charge < -0.3 is 9.73 Å². The highest BCUT2D eigenvalue weighted by atomic mass is 19.1. The zero-order chi connectivity index (χ0) is 13.2. The van der Waals surface area contributed by atoms with Crippen LogP contribution in [0.2, 0.25) is 0 Å². The first-order chi connectivity index (χ1) is 9.22. The summed E-state index contributed by atoms with van der Waals surface area (Å²) in [6.45, 7) is 0. The van der Waals surface area contributed by atoms with Crippen LogP contribution in [-0.4, -0.2) is 10.9 Å². The molecule has 0 fully saturated rings. The van der Waals surface area contributed by atoms with Gasteiger partial charge in [-0.2, -0.15) is 0 Å². The van der Waals surface area contributed by atoms with Gasteiger partial charge in [0.25, 0.3) is 5.91 Å². The van der Waals surface area contributed by atoms with Gasteiger partial charge in [0.1, 0.15) is 11.3 Å². The molecule has 19 heavy (non-hydrogen) atoms. The third-order valence-electron chi connectivity index (χ3n) is 2.70. The van der Waals surface area contributed by atoms with Gasteiger partial charge in [0, 0.05) is 17.3 Å². The summed E-state index contributed by atoms with van der Waals surface area (Å²) in [7, 11) is 0. The molecule has 0 bridgehead atoms. The lowest BCUT2D eigenvalue weighted by Crippen LogP contribution is -2.11. The molecule has 0 atom stereocenters. The number of nitrogens with one attached hydrogen (secondary N) is 1. The first-order valence-corrected chi connectivity index (χ1v) is 5.62. The number of oxazole rings is 1. The zero-order valence-corrected chi connectivity index (χ0v) is 9.76. The van der Waals surface area contributed by atoms with Crippen molar-refractivity contribution in [2.75, 3.05) is 5.32 Å². The second-order valence-corrected chi connectivity index (χ2v) is 4.00. The monoisotopic (exact) mass is 256 g/mol. The molecule has 1 aromatic heterocycles. The molecule has 3 aromatic rings. The number of halogens is 1. The number of nitrogens with zero attached hydrogens (tertiary/aromatic N) is 1. The molecule has 0 spiro atoms. The Labute approximate surface area is 107 Å². The highest BCUT2D eigenvalue weighted by Gasteiger charge is 2.07. The van der Waals surface area contributed by atoms with Crippen molar-refractivity contribution in [2.24, 2.45) is 0 Å². The Kier molecular flexibility index (Phi) is 2.72. The van der Waals surface area contributed by atoms with E-state index >= 15 is 0 Å². The van der Waals surface area contributed by atoms with E-state index in [2.05, 4.69) is 10.3 Å². The number of carbonyl (C=O) groups excluding carboxylic acids is 1. The van der Waals surface area contributed by atoms with Gasteiger partial charge in [0.15, 0.2) is 12.0 Å². The summed E-state index contributed by atoms with van der Waals surface area (Å²) in [5, 5.41) is 2.71. The number of benzene rings is 2. The van der Waals surface area contributed by atoms with E-state index in [1.54, 1.807) is 18.2 Å². The quantitative estimate of drug-likeness (QED) is 0.765. The normalized spacial score (nSPS) is 10.6. The Balaban J connectivity index is 1.83. The van der Waals surface area contributed by atoms with E-state index in [-0.39, 0.29) is 11.7 Å². The van der Waals surface area contributed by atoms with Crippen molar-refractivity contribution in [1.29, 1.82) is 0 Å². The molecule has 94 valence electrons. The maximum atomic E-state index is 12.8. The third-order valence-corrected chi connectivity index (χ3v) is 2.70. The van der Waals surface area contributed by atoms with E-state index in [0.29, 0.717) is 16.8 Å². The van der Waals surface area contributed by atoms with E-state index in [1.807, 2.05) is 0 Å². The topological polar surface area (TPSA) is 55.1 Å². The lowest BCUT2D eigenvalue weighted by molar-refractivity contribution is 0.102. The van der Waals surface area contributed by atoms with Crippen LogP contribution in [0.5, 0.6) is 0 Å². The Bertz CT molecular complexity index is 735. The Morgan fingerprint density at radius 3 is 2.74 bits per heavy atom. The van der Waals surface area contributed by atoms with E-state index in [0.717, 1.165) is 5.52 Å². The molecule has 0 saturated carbocycles. The molecule has 0 aliphatic carbocycles. The van der Waals surface area contributed by atoms with Crippen LogP contribution in [0.15, 0.2) is 53.3 Å². The van der Waals surface area contributed by atoms with Crippen LogP contribution < -0.4 is 5.32 Å². The van der Waals surface area contributed by atoms with Crippen molar-refractivity contribution < 1.29 is 13.6 Å². The van der Waals surface area contributed by atoms with Crippen LogP contribution in [0.3, 0.4) is 0 Å². The molecule has 3 rings (SSSR count). The summed E-state index contributed by atoms with van der Waals surface area (Å²) >= 11 is 0. The van der Waals surface area contributed by atoms with Crippen LogP contribution in [0.1, 0.15) is 10.4 Å². The average Bonchev–Trinajstić information content (AvgIpc) is 2.87. The number of rotatable bonds is 2. The summed E-state index contributed by atoms with van der Waals surface area (Å²) in [4.78, 5) is 15.9. The third kappa shape index (κ3) is 2.30. The Morgan fingerprint density at radius 1 is 1.16 bits per heavy atom. The fourth-order valence-electron chi connectivity index (χ4n) is 1.74. The molecule has 4 nitrogen and oxygen atoms in total. The van der Waals surface area contributed by atoms with Crippen molar-refractivity contribution in [3.05, 3.63) is 60.2 Å². The van der Waals surface area contributed by atoms with Gasteiger partial charge in [-0.05, 0) is 36.4 Å². The van der Waals surface area contributed by atoms with E-state index in [9.17, 15) is 9.18 Å². The van der Waals surface area contributed by atoms with Gasteiger partial charge >= 0.3 is 0 Å². The standard InChI is InChI=1S/C14H9FN2O2/c15-10-3-1-9(2-4-10)14(18)17-11-5-6-12-13(7-11)19-8-16-12/h1-8H,(H,17,18). The Hall–Kier alpha value is -2.69. The van der Waals surface area contributed by atoms with Gasteiger partial charge in [0.05, 0.1) is 0 Å². The molecule has 0 saturated heterocycles. The van der Waals surface area contributed by atoms with Crippen molar-refractivity contribution >= 4 is 22.7 Å². The molecule has 0 unspecified atom stereocenters. The molecule has 2 aromatic carbocycles. The van der Waals surface area contributed by atoms with Gasteiger partial charge in [-0.3, -0.25) is 4.79 Å². The molecule has 0 aliphatic heterocycles. The van der Waals surface area contributed by atoms with E-state index < -0.39 is 0 Å². The number of hydrogen-bond acceptors (Lipinski definition) is 3. The fraction of sp³-hybridized carbons (Fsp3) is 0. The highest BCUT2D eigenvalue weighted by molar-refractivity contribution is 6.04. The first kappa shape index (κ1) is 11.4. The van der Waals surface area contributed by atoms with E-state index in [4.69, 9.17) is 4.42 Å². The van der Waals surface area contributed by atoms with Crippen molar-refractivity contribution in [1.82, 2.24) is 4.98 Å². The Morgan fingerprint density at radius 2 is 1.95 bits per heavy atom. The summed E-state index contributed by atoms with van der Waals surface area (Å²) in [6.07, 6.45) is 1.34. The fourth-order valence-corrected chi connectivity index (χ4v) is 1.74. The van der Waals surface area contributed by atoms with Gasteiger partial charge in [-0.1, -0.05) is 0 Å². The molecule has 1 N–H and O–H groups in total. The molecular weight excluding hydrogens is 247 g/mol. The van der Waals surface area contributed by atoms with Crippen LogP contribution in [0.25, 0.3) is 11.1 Å². The summed E-state index contributed by atoms with van der Waals surface area (Å²) in [5.41, 5.74) is 2.30. The van der Waals surface area contributed by atoms with Gasteiger partial charge in [-0.25, -0.2) is 9.37 Å². The first-order valence-electron chi connectivity index (χ1n) is 5.62. The molecular formula is C14H9FN2O2. The average molecular weight is 256 g/mol. The number of anilines is 1. The van der Waals surface area contributed by atoms with Gasteiger partial charge in [0.2, 0.25) is 0 Å². The van der Waals surface area contributed by atoms with Crippen LogP contribution in [0.4, 0.5) is 10.1 Å². The second kappa shape index (κ2) is 4.53. The number of amides is 1. The molecule has 5 heteroatoms. The lowest BCUT2D eigenvalue weighted by Gasteiger charge is -2.04. The van der Waals surface area contributed by atoms with Crippen molar-refractivity contribution in [2.45, 2.75) is 0 Å². The molecule has 1 heterocycles. The number of fused-ring (bicyclic) bond motifs is 1. The van der Waals surface area contributed by atoms with Gasteiger partial charge in [-0.15, -0.1) is 0 Å². The number of aromatic nitrogens is 1. The summed E-state index contributed by atoms with van der Waals surface area (Å²) < 4.78 is 17.9. The predicted octanol–water partition coefficient (Wildman–Crippen LogP) is 3.22. The lowest BCUT2D eigenvalue weighted by atomic mass is 10.2. The highest BCUT2D eigenvalue weighted by Crippen LogP contribution is 2.18. The zero-order valence-electron chi connectivity index (χ0n) is 9.76. The minimum Gasteiger partial charge on any atom is -0.443 e. The predicted molar refractivity (Wildman–Crippen MR) is 68.4 cm³/mol. The number of carbonyl (C=O) groups is 1. The molecule has 0 radical (unpaired) electrons. The van der Waals surface area contributed by atoms with Crippen molar-refractivity contribution in [3.8, 4) is 0 Å². The van der Waals surface area contributed by atoms with Crippen LogP contribution >= 0.6 is 0 Å². The maximum absolute atomic E-state index is 12.8.